The number of carbonyl (C=O) groups is 2. The topological polar surface area (TPSA) is 75.6 Å². The van der Waals surface area contributed by atoms with Crippen molar-refractivity contribution in [2.45, 2.75) is 32.4 Å². The summed E-state index contributed by atoms with van der Waals surface area (Å²) in [4.78, 5) is 25.7. The maximum atomic E-state index is 13.3. The molecule has 6 nitrogen and oxygen atoms in total. The average molecular weight is 410 g/mol. The number of aryl methyl sites for hydroxylation is 1. The second-order valence-corrected chi connectivity index (χ2v) is 7.59. The molecule has 0 saturated carbocycles. The zero-order chi connectivity index (χ0) is 22.3. The van der Waals surface area contributed by atoms with Gasteiger partial charge < -0.3 is 4.74 Å². The van der Waals surface area contributed by atoms with E-state index in [0.29, 0.717) is 12.0 Å². The molecular formula is C24H29N2O4+. The third-order valence-corrected chi connectivity index (χ3v) is 5.24. The lowest BCUT2D eigenvalue weighted by atomic mass is 10.00. The minimum atomic E-state index is -0.907. The van der Waals surface area contributed by atoms with Crippen molar-refractivity contribution < 1.29 is 24.0 Å². The van der Waals surface area contributed by atoms with Gasteiger partial charge >= 0.3 is 11.8 Å². The van der Waals surface area contributed by atoms with Gasteiger partial charge in [-0.15, -0.1) is 0 Å². The standard InChI is InChI=1S/C24H28N2O4/c1-6-21(30-5)22(23(27)25-29)26(3,4)24(28)20-15-14-19(17(2)16-20)13-12-18-10-8-7-9-11-18/h7-11,14-16,21-22H,6H2,1-5H3,(H-,25,27,29)/p+1. The molecule has 0 bridgehead atoms. The van der Waals surface area contributed by atoms with Gasteiger partial charge in [-0.2, -0.15) is 0 Å². The maximum absolute atomic E-state index is 13.3. The van der Waals surface area contributed by atoms with Gasteiger partial charge in [0.2, 0.25) is 6.04 Å². The van der Waals surface area contributed by atoms with Crippen molar-refractivity contribution in [3.8, 4) is 11.8 Å². The number of likely N-dealkylation sites (N-methyl/N-ethyl adjacent to an activating group) is 1. The lowest BCUT2D eigenvalue weighted by Crippen LogP contribution is -2.63. The van der Waals surface area contributed by atoms with Crippen molar-refractivity contribution >= 4 is 11.8 Å². The molecule has 2 N–H and O–H groups in total. The van der Waals surface area contributed by atoms with Crippen LogP contribution in [0.4, 0.5) is 0 Å². The predicted molar refractivity (Wildman–Crippen MR) is 115 cm³/mol. The van der Waals surface area contributed by atoms with Crippen molar-refractivity contribution in [1.29, 1.82) is 0 Å². The fourth-order valence-corrected chi connectivity index (χ4v) is 3.52. The first kappa shape index (κ1) is 23.3. The lowest BCUT2D eigenvalue weighted by Gasteiger charge is -2.37. The highest BCUT2D eigenvalue weighted by Gasteiger charge is 2.46. The lowest BCUT2D eigenvalue weighted by molar-refractivity contribution is -0.829. The summed E-state index contributed by atoms with van der Waals surface area (Å²) in [5, 5.41) is 9.20. The van der Waals surface area contributed by atoms with Crippen LogP contribution in [-0.4, -0.2) is 54.9 Å². The Labute approximate surface area is 178 Å². The normalized spacial score (nSPS) is 13.0. The van der Waals surface area contributed by atoms with E-state index < -0.39 is 18.1 Å². The van der Waals surface area contributed by atoms with Crippen LogP contribution in [0.3, 0.4) is 0 Å². The second-order valence-electron chi connectivity index (χ2n) is 7.59. The summed E-state index contributed by atoms with van der Waals surface area (Å²) in [5.74, 6) is 5.33. The van der Waals surface area contributed by atoms with Crippen molar-refractivity contribution in [2.24, 2.45) is 0 Å². The highest BCUT2D eigenvalue weighted by atomic mass is 16.5. The van der Waals surface area contributed by atoms with E-state index in [9.17, 15) is 14.8 Å². The Bertz CT molecular complexity index is 954. The molecule has 6 heteroatoms. The SMILES string of the molecule is CCC(OC)C(C(=O)NO)[N+](C)(C)C(=O)c1ccc(C#Cc2ccccc2)c(C)c1. The van der Waals surface area contributed by atoms with Crippen LogP contribution in [0.5, 0.6) is 0 Å². The molecule has 0 heterocycles. The van der Waals surface area contributed by atoms with Crippen LogP contribution >= 0.6 is 0 Å². The Morgan fingerprint density at radius 2 is 1.80 bits per heavy atom. The quantitative estimate of drug-likeness (QED) is 0.333. The average Bonchev–Trinajstić information content (AvgIpc) is 2.75. The molecule has 2 unspecified atom stereocenters. The number of ether oxygens (including phenoxy) is 1. The Kier molecular flexibility index (Phi) is 7.90. The van der Waals surface area contributed by atoms with Crippen molar-refractivity contribution in [1.82, 2.24) is 5.48 Å². The van der Waals surface area contributed by atoms with E-state index in [1.807, 2.05) is 50.2 Å². The molecule has 2 rings (SSSR count). The number of rotatable bonds is 6. The third kappa shape index (κ3) is 5.14. The van der Waals surface area contributed by atoms with Gasteiger partial charge in [0, 0.05) is 18.2 Å². The molecule has 0 aromatic heterocycles. The van der Waals surface area contributed by atoms with Crippen molar-refractivity contribution in [3.05, 3.63) is 70.8 Å². The molecular weight excluding hydrogens is 380 g/mol. The molecule has 0 aliphatic rings. The van der Waals surface area contributed by atoms with E-state index in [1.165, 1.54) is 7.11 Å². The van der Waals surface area contributed by atoms with Gasteiger partial charge in [-0.25, -0.2) is 14.8 Å². The summed E-state index contributed by atoms with van der Waals surface area (Å²) in [5.41, 5.74) is 4.75. The Balaban J connectivity index is 2.36. The first-order valence-electron chi connectivity index (χ1n) is 9.79. The van der Waals surface area contributed by atoms with Gasteiger partial charge in [0.1, 0.15) is 6.10 Å². The van der Waals surface area contributed by atoms with Crippen LogP contribution in [0, 0.1) is 18.8 Å². The zero-order valence-electron chi connectivity index (χ0n) is 18.1. The summed E-state index contributed by atoms with van der Waals surface area (Å²) in [7, 11) is 4.77. The molecule has 0 aliphatic carbocycles. The second kappa shape index (κ2) is 10.2. The molecule has 0 saturated heterocycles. The molecule has 158 valence electrons. The van der Waals surface area contributed by atoms with Crippen LogP contribution in [0.15, 0.2) is 48.5 Å². The Morgan fingerprint density at radius 1 is 1.13 bits per heavy atom. The Hall–Kier alpha value is -2.98. The van der Waals surface area contributed by atoms with Crippen LogP contribution in [0.2, 0.25) is 0 Å². The number of quaternary nitrogens is 1. The van der Waals surface area contributed by atoms with Gasteiger partial charge in [0.05, 0.1) is 19.7 Å². The summed E-state index contributed by atoms with van der Waals surface area (Å²) in [6.45, 7) is 3.76. The van der Waals surface area contributed by atoms with Gasteiger partial charge in [-0.05, 0) is 49.2 Å². The number of amides is 2. The van der Waals surface area contributed by atoms with Gasteiger partial charge in [-0.1, -0.05) is 37.0 Å². The van der Waals surface area contributed by atoms with Gasteiger partial charge in [0.15, 0.2) is 0 Å². The van der Waals surface area contributed by atoms with Gasteiger partial charge in [0.25, 0.3) is 0 Å². The summed E-state index contributed by atoms with van der Waals surface area (Å²) in [6, 6.07) is 14.1. The van der Waals surface area contributed by atoms with Crippen LogP contribution in [0.25, 0.3) is 0 Å². The maximum Gasteiger partial charge on any atom is 0.346 e. The summed E-state index contributed by atoms with van der Waals surface area (Å²) < 4.78 is 5.12. The third-order valence-electron chi connectivity index (χ3n) is 5.24. The number of carbonyl (C=O) groups excluding carboxylic acids is 2. The van der Waals surface area contributed by atoms with E-state index >= 15 is 0 Å². The van der Waals surface area contributed by atoms with Gasteiger partial charge in [-0.3, -0.25) is 10.0 Å². The van der Waals surface area contributed by atoms with Crippen LogP contribution in [-0.2, 0) is 9.53 Å². The molecule has 2 atom stereocenters. The van der Waals surface area contributed by atoms with Crippen molar-refractivity contribution in [2.75, 3.05) is 21.2 Å². The number of benzene rings is 2. The van der Waals surface area contributed by atoms with E-state index in [2.05, 4.69) is 11.8 Å². The minimum Gasteiger partial charge on any atom is -0.375 e. The van der Waals surface area contributed by atoms with Crippen molar-refractivity contribution in [3.63, 3.8) is 0 Å². The van der Waals surface area contributed by atoms with Crippen LogP contribution in [0.1, 0.15) is 40.4 Å². The fourth-order valence-electron chi connectivity index (χ4n) is 3.52. The first-order valence-corrected chi connectivity index (χ1v) is 9.79. The predicted octanol–water partition coefficient (Wildman–Crippen LogP) is 2.91. The summed E-state index contributed by atoms with van der Waals surface area (Å²) in [6.07, 6.45) is -0.0236. The number of hydrogen-bond donors (Lipinski definition) is 2. The molecule has 0 fully saturated rings. The molecule has 2 amide bonds. The zero-order valence-corrected chi connectivity index (χ0v) is 18.1. The van der Waals surface area contributed by atoms with E-state index in [0.717, 1.165) is 16.7 Å². The first-order chi connectivity index (χ1) is 14.3. The number of methoxy groups -OCH3 is 1. The van der Waals surface area contributed by atoms with E-state index in [-0.39, 0.29) is 10.4 Å². The smallest absolute Gasteiger partial charge is 0.346 e. The number of hydroxylamine groups is 1. The molecule has 2 aromatic carbocycles. The highest BCUT2D eigenvalue weighted by Crippen LogP contribution is 2.22. The number of nitrogens with zero attached hydrogens (tertiary/aromatic N) is 1. The largest absolute Gasteiger partial charge is 0.375 e. The van der Waals surface area contributed by atoms with E-state index in [4.69, 9.17) is 4.74 Å². The molecule has 0 spiro atoms. The molecule has 2 aromatic rings. The minimum absolute atomic E-state index is 0.259. The summed E-state index contributed by atoms with van der Waals surface area (Å²) >= 11 is 0. The van der Waals surface area contributed by atoms with Crippen LogP contribution < -0.4 is 5.48 Å². The highest BCUT2D eigenvalue weighted by molar-refractivity contribution is 5.92. The Morgan fingerprint density at radius 3 is 2.33 bits per heavy atom. The monoisotopic (exact) mass is 409 g/mol. The fraction of sp³-hybridized carbons (Fsp3) is 0.333. The number of hydrogen-bond acceptors (Lipinski definition) is 4. The van der Waals surface area contributed by atoms with E-state index in [1.54, 1.807) is 31.7 Å². The molecule has 0 aliphatic heterocycles. The molecule has 0 radical (unpaired) electrons. The molecule has 30 heavy (non-hydrogen) atoms. The number of nitrogens with one attached hydrogen (secondary N) is 1.